The van der Waals surface area contributed by atoms with Crippen molar-refractivity contribution in [2.24, 2.45) is 11.8 Å². The molecular formula is C12H19F3N2O4. The fourth-order valence-corrected chi connectivity index (χ4v) is 1.51. The minimum Gasteiger partial charge on any atom is -0.480 e. The van der Waals surface area contributed by atoms with Gasteiger partial charge in [-0.2, -0.15) is 13.2 Å². The van der Waals surface area contributed by atoms with Crippen molar-refractivity contribution < 1.29 is 32.7 Å². The van der Waals surface area contributed by atoms with Gasteiger partial charge in [-0.25, -0.2) is 4.79 Å². The molecule has 0 aromatic carbocycles. The molecule has 2 atom stereocenters. The summed E-state index contributed by atoms with van der Waals surface area (Å²) in [6, 6.07) is -2.72. The van der Waals surface area contributed by atoms with Crippen LogP contribution < -0.4 is 10.6 Å². The van der Waals surface area contributed by atoms with Crippen molar-refractivity contribution in [2.75, 3.05) is 0 Å². The van der Waals surface area contributed by atoms with Crippen LogP contribution in [0.1, 0.15) is 27.7 Å². The molecule has 122 valence electrons. The van der Waals surface area contributed by atoms with E-state index in [1.54, 1.807) is 5.32 Å². The largest absolute Gasteiger partial charge is 0.480 e. The van der Waals surface area contributed by atoms with Gasteiger partial charge in [-0.1, -0.05) is 27.7 Å². The van der Waals surface area contributed by atoms with E-state index in [4.69, 9.17) is 5.11 Å². The summed E-state index contributed by atoms with van der Waals surface area (Å²) in [5.74, 6) is -5.62. The summed E-state index contributed by atoms with van der Waals surface area (Å²) in [6.45, 7) is 5.95. The van der Waals surface area contributed by atoms with Gasteiger partial charge in [0.25, 0.3) is 0 Å². The maximum absolute atomic E-state index is 12.2. The normalized spacial score (nSPS) is 14.7. The Balaban J connectivity index is 5.01. The average Bonchev–Trinajstić information content (AvgIpc) is 2.29. The van der Waals surface area contributed by atoms with Crippen LogP contribution in [0.15, 0.2) is 0 Å². The molecule has 0 rings (SSSR count). The number of aliphatic carboxylic acids is 1. The average molecular weight is 312 g/mol. The molecule has 21 heavy (non-hydrogen) atoms. The Morgan fingerprint density at radius 2 is 1.33 bits per heavy atom. The van der Waals surface area contributed by atoms with E-state index in [-0.39, 0.29) is 0 Å². The Hall–Kier alpha value is -1.80. The van der Waals surface area contributed by atoms with Crippen LogP contribution in [0, 0.1) is 11.8 Å². The van der Waals surface area contributed by atoms with Crippen molar-refractivity contribution in [3.05, 3.63) is 0 Å². The molecule has 0 aliphatic rings. The topological polar surface area (TPSA) is 95.5 Å². The molecule has 0 aliphatic carbocycles. The number of carboxylic acid groups (broad SMARTS) is 1. The first-order chi connectivity index (χ1) is 9.37. The lowest BCUT2D eigenvalue weighted by Gasteiger charge is -2.25. The molecule has 0 unspecified atom stereocenters. The van der Waals surface area contributed by atoms with Gasteiger partial charge >= 0.3 is 18.1 Å². The Morgan fingerprint density at radius 1 is 0.905 bits per heavy atom. The number of hydrogen-bond donors (Lipinski definition) is 3. The monoisotopic (exact) mass is 312 g/mol. The molecule has 3 N–H and O–H groups in total. The van der Waals surface area contributed by atoms with Gasteiger partial charge in [-0.05, 0) is 11.8 Å². The highest BCUT2D eigenvalue weighted by Gasteiger charge is 2.41. The first-order valence-electron chi connectivity index (χ1n) is 6.28. The molecule has 0 heterocycles. The zero-order valence-corrected chi connectivity index (χ0v) is 12.1. The summed E-state index contributed by atoms with van der Waals surface area (Å²) in [6.07, 6.45) is -5.11. The van der Waals surface area contributed by atoms with Crippen LogP contribution in [0.5, 0.6) is 0 Å². The molecule has 0 radical (unpaired) electrons. The first-order valence-corrected chi connectivity index (χ1v) is 6.28. The van der Waals surface area contributed by atoms with Crippen molar-refractivity contribution in [1.82, 2.24) is 10.6 Å². The molecule has 0 bridgehead atoms. The van der Waals surface area contributed by atoms with Crippen LogP contribution in [0.4, 0.5) is 13.2 Å². The number of halogens is 3. The van der Waals surface area contributed by atoms with Gasteiger partial charge in [0.1, 0.15) is 12.1 Å². The van der Waals surface area contributed by atoms with Crippen molar-refractivity contribution in [2.45, 2.75) is 46.0 Å². The molecule has 0 spiro atoms. The van der Waals surface area contributed by atoms with E-state index in [9.17, 15) is 27.6 Å². The van der Waals surface area contributed by atoms with Crippen LogP contribution in [0.3, 0.4) is 0 Å². The number of amides is 2. The molecule has 9 heteroatoms. The summed E-state index contributed by atoms with van der Waals surface area (Å²) in [5, 5.41) is 12.6. The van der Waals surface area contributed by atoms with E-state index in [1.807, 2.05) is 0 Å². The first kappa shape index (κ1) is 19.2. The van der Waals surface area contributed by atoms with Crippen molar-refractivity contribution in [1.29, 1.82) is 0 Å². The van der Waals surface area contributed by atoms with Gasteiger partial charge in [-0.15, -0.1) is 0 Å². The van der Waals surface area contributed by atoms with Gasteiger partial charge in [0.2, 0.25) is 5.91 Å². The molecule has 6 nitrogen and oxygen atoms in total. The predicted octanol–water partition coefficient (Wildman–Crippen LogP) is 0.915. The minimum atomic E-state index is -5.11. The zero-order chi connectivity index (χ0) is 17.0. The smallest absolute Gasteiger partial charge is 0.471 e. The highest BCUT2D eigenvalue weighted by Crippen LogP contribution is 2.16. The standard InChI is InChI=1S/C12H19F3N2O4/c1-5(2)7(17-11(21)12(13,14)15)9(18)16-8(6(3)4)10(19)20/h5-8H,1-4H3,(H,16,18)(H,17,21)(H,19,20)/t7-,8+/m0/s1. The molecule has 0 saturated carbocycles. The SMILES string of the molecule is CC(C)[C@H](NC(=O)C(F)(F)F)C(=O)N[C@@H](C(=O)O)C(C)C. The second-order valence-electron chi connectivity index (χ2n) is 5.26. The Morgan fingerprint density at radius 3 is 1.62 bits per heavy atom. The second kappa shape index (κ2) is 7.28. The molecule has 0 aliphatic heterocycles. The summed E-state index contributed by atoms with van der Waals surface area (Å²) < 4.78 is 36.7. The number of hydrogen-bond acceptors (Lipinski definition) is 3. The van der Waals surface area contributed by atoms with Crippen molar-refractivity contribution >= 4 is 17.8 Å². The van der Waals surface area contributed by atoms with E-state index >= 15 is 0 Å². The quantitative estimate of drug-likeness (QED) is 0.679. The van der Waals surface area contributed by atoms with Crippen LogP contribution in [0.25, 0.3) is 0 Å². The number of rotatable bonds is 6. The van der Waals surface area contributed by atoms with Crippen LogP contribution in [-0.2, 0) is 14.4 Å². The van der Waals surface area contributed by atoms with Gasteiger partial charge in [0.15, 0.2) is 0 Å². The zero-order valence-electron chi connectivity index (χ0n) is 12.1. The van der Waals surface area contributed by atoms with Crippen molar-refractivity contribution in [3.8, 4) is 0 Å². The molecule has 0 aromatic heterocycles. The molecule has 0 aromatic rings. The number of carbonyl (C=O) groups is 3. The van der Waals surface area contributed by atoms with E-state index in [0.717, 1.165) is 0 Å². The van der Waals surface area contributed by atoms with Crippen LogP contribution in [0.2, 0.25) is 0 Å². The van der Waals surface area contributed by atoms with Gasteiger partial charge < -0.3 is 15.7 Å². The lowest BCUT2D eigenvalue weighted by molar-refractivity contribution is -0.175. The van der Waals surface area contributed by atoms with Crippen molar-refractivity contribution in [3.63, 3.8) is 0 Å². The summed E-state index contributed by atoms with van der Waals surface area (Å²) >= 11 is 0. The van der Waals surface area contributed by atoms with Crippen LogP contribution >= 0.6 is 0 Å². The maximum atomic E-state index is 12.2. The molecule has 0 saturated heterocycles. The van der Waals surface area contributed by atoms with Gasteiger partial charge in [0, 0.05) is 0 Å². The summed E-state index contributed by atoms with van der Waals surface area (Å²) in [7, 11) is 0. The molecule has 0 fully saturated rings. The predicted molar refractivity (Wildman–Crippen MR) is 67.2 cm³/mol. The van der Waals surface area contributed by atoms with E-state index < -0.39 is 47.9 Å². The van der Waals surface area contributed by atoms with E-state index in [0.29, 0.717) is 0 Å². The Labute approximate surface area is 120 Å². The summed E-state index contributed by atoms with van der Waals surface area (Å²) in [5.41, 5.74) is 0. The third kappa shape index (κ3) is 6.01. The fraction of sp³-hybridized carbons (Fsp3) is 0.750. The minimum absolute atomic E-state index is 0.461. The Kier molecular flexibility index (Phi) is 6.65. The van der Waals surface area contributed by atoms with E-state index in [1.165, 1.54) is 27.7 Å². The van der Waals surface area contributed by atoms with Crippen LogP contribution in [-0.4, -0.2) is 41.2 Å². The molecular weight excluding hydrogens is 293 g/mol. The third-order valence-corrected chi connectivity index (χ3v) is 2.72. The highest BCUT2D eigenvalue weighted by molar-refractivity contribution is 5.92. The lowest BCUT2D eigenvalue weighted by Crippen LogP contribution is -2.56. The molecule has 2 amide bonds. The number of alkyl halides is 3. The number of carboxylic acids is 1. The number of carbonyl (C=O) groups excluding carboxylic acids is 2. The maximum Gasteiger partial charge on any atom is 0.471 e. The summed E-state index contributed by atoms with van der Waals surface area (Å²) in [4.78, 5) is 33.8. The fourth-order valence-electron chi connectivity index (χ4n) is 1.51. The van der Waals surface area contributed by atoms with E-state index in [2.05, 4.69) is 5.32 Å². The number of nitrogens with one attached hydrogen (secondary N) is 2. The van der Waals surface area contributed by atoms with Gasteiger partial charge in [-0.3, -0.25) is 9.59 Å². The Bertz CT molecular complexity index is 408. The highest BCUT2D eigenvalue weighted by atomic mass is 19.4. The third-order valence-electron chi connectivity index (χ3n) is 2.72. The lowest BCUT2D eigenvalue weighted by atomic mass is 10.0. The second-order valence-corrected chi connectivity index (χ2v) is 5.26. The van der Waals surface area contributed by atoms with Gasteiger partial charge in [0.05, 0.1) is 0 Å².